The second-order valence-electron chi connectivity index (χ2n) is 7.42. The lowest BCUT2D eigenvalue weighted by molar-refractivity contribution is 0.0342. The van der Waals surface area contributed by atoms with Crippen molar-refractivity contribution in [3.05, 3.63) is 71.3 Å². The molecule has 0 unspecified atom stereocenters. The lowest BCUT2D eigenvalue weighted by Crippen LogP contribution is -2.37. The van der Waals surface area contributed by atoms with Crippen LogP contribution in [0.15, 0.2) is 59.6 Å². The third kappa shape index (κ3) is 7.87. The Hall–Kier alpha value is -2.37. The van der Waals surface area contributed by atoms with Gasteiger partial charge in [0.1, 0.15) is 0 Å². The van der Waals surface area contributed by atoms with Crippen molar-refractivity contribution in [2.75, 3.05) is 39.4 Å². The Kier molecular flexibility index (Phi) is 9.01. The minimum Gasteiger partial charge on any atom is -0.379 e. The molecule has 2 aromatic rings. The van der Waals surface area contributed by atoms with E-state index >= 15 is 0 Å². The van der Waals surface area contributed by atoms with Crippen LogP contribution in [0, 0.1) is 0 Å². The maximum atomic E-state index is 5.44. The van der Waals surface area contributed by atoms with E-state index in [2.05, 4.69) is 77.1 Å². The van der Waals surface area contributed by atoms with Gasteiger partial charge in [0.2, 0.25) is 0 Å². The third-order valence-corrected chi connectivity index (χ3v) is 5.04. The van der Waals surface area contributed by atoms with E-state index in [1.807, 2.05) is 0 Å². The Bertz CT molecular complexity index is 742. The molecular weight excluding hydrogens is 360 g/mol. The first-order valence-electron chi connectivity index (χ1n) is 10.8. The first-order valence-corrected chi connectivity index (χ1v) is 10.8. The number of hydrogen-bond acceptors (Lipinski definition) is 3. The van der Waals surface area contributed by atoms with Gasteiger partial charge in [-0.05, 0) is 36.5 Å². The van der Waals surface area contributed by atoms with Crippen LogP contribution in [0.3, 0.4) is 0 Å². The van der Waals surface area contributed by atoms with Crippen LogP contribution in [0.1, 0.15) is 30.0 Å². The predicted octanol–water partition coefficient (Wildman–Crippen LogP) is 3.21. The van der Waals surface area contributed by atoms with Gasteiger partial charge in [-0.1, -0.05) is 54.6 Å². The fourth-order valence-corrected chi connectivity index (χ4v) is 3.50. The summed E-state index contributed by atoms with van der Waals surface area (Å²) in [4.78, 5) is 7.23. The van der Waals surface area contributed by atoms with Crippen LogP contribution in [0.4, 0.5) is 0 Å². The zero-order valence-electron chi connectivity index (χ0n) is 17.6. The van der Waals surface area contributed by atoms with E-state index in [0.29, 0.717) is 6.54 Å². The fraction of sp³-hybridized carbons (Fsp3) is 0.458. The highest BCUT2D eigenvalue weighted by Gasteiger charge is 2.10. The molecule has 1 saturated heterocycles. The summed E-state index contributed by atoms with van der Waals surface area (Å²) in [5.74, 6) is 0.888. The van der Waals surface area contributed by atoms with Gasteiger partial charge in [-0.25, -0.2) is 4.99 Å². The third-order valence-electron chi connectivity index (χ3n) is 5.04. The number of morpholine rings is 1. The van der Waals surface area contributed by atoms with E-state index in [4.69, 9.17) is 9.73 Å². The number of guanidine groups is 1. The van der Waals surface area contributed by atoms with Gasteiger partial charge in [0.05, 0.1) is 19.8 Å². The summed E-state index contributed by atoms with van der Waals surface area (Å²) < 4.78 is 5.44. The molecule has 29 heavy (non-hydrogen) atoms. The number of benzene rings is 2. The van der Waals surface area contributed by atoms with E-state index in [-0.39, 0.29) is 0 Å². The molecule has 0 radical (unpaired) electrons. The van der Waals surface area contributed by atoms with Crippen molar-refractivity contribution in [3.63, 3.8) is 0 Å². The molecule has 5 heteroatoms. The molecular formula is C24H34N4O. The minimum absolute atomic E-state index is 0.685. The van der Waals surface area contributed by atoms with Gasteiger partial charge in [0, 0.05) is 32.7 Å². The Morgan fingerprint density at radius 2 is 1.72 bits per heavy atom. The summed E-state index contributed by atoms with van der Waals surface area (Å²) in [6.07, 6.45) is 2.17. The molecule has 156 valence electrons. The maximum absolute atomic E-state index is 5.44. The predicted molar refractivity (Wildman–Crippen MR) is 120 cm³/mol. The average Bonchev–Trinajstić information content (AvgIpc) is 2.77. The molecule has 0 spiro atoms. The number of nitrogens with one attached hydrogen (secondary N) is 2. The number of rotatable bonds is 9. The molecule has 1 aliphatic heterocycles. The summed E-state index contributed by atoms with van der Waals surface area (Å²) in [6.45, 7) is 9.25. The van der Waals surface area contributed by atoms with Crippen LogP contribution < -0.4 is 10.6 Å². The summed E-state index contributed by atoms with van der Waals surface area (Å²) in [5, 5.41) is 6.81. The zero-order chi connectivity index (χ0) is 20.2. The molecule has 3 rings (SSSR count). The summed E-state index contributed by atoms with van der Waals surface area (Å²) >= 11 is 0. The Morgan fingerprint density at radius 3 is 2.52 bits per heavy atom. The highest BCUT2D eigenvalue weighted by Crippen LogP contribution is 2.11. The maximum Gasteiger partial charge on any atom is 0.191 e. The molecule has 1 fully saturated rings. The topological polar surface area (TPSA) is 48.9 Å². The SMILES string of the molecule is CCNC(=NCc1cccc(CN2CCOCC2)c1)NCCCc1ccccc1. The normalized spacial score (nSPS) is 15.3. The van der Waals surface area contributed by atoms with Crippen molar-refractivity contribution in [1.29, 1.82) is 0 Å². The molecule has 0 bridgehead atoms. The molecule has 0 amide bonds. The van der Waals surface area contributed by atoms with E-state index in [0.717, 1.165) is 64.7 Å². The van der Waals surface area contributed by atoms with Gasteiger partial charge in [-0.2, -0.15) is 0 Å². The van der Waals surface area contributed by atoms with Crippen LogP contribution in [0.2, 0.25) is 0 Å². The van der Waals surface area contributed by atoms with Gasteiger partial charge >= 0.3 is 0 Å². The van der Waals surface area contributed by atoms with Crippen molar-refractivity contribution in [3.8, 4) is 0 Å². The van der Waals surface area contributed by atoms with Crippen molar-refractivity contribution < 1.29 is 4.74 Å². The lowest BCUT2D eigenvalue weighted by atomic mass is 10.1. The van der Waals surface area contributed by atoms with Crippen LogP contribution in [-0.4, -0.2) is 50.3 Å². The Morgan fingerprint density at radius 1 is 0.966 bits per heavy atom. The molecule has 0 aliphatic carbocycles. The largest absolute Gasteiger partial charge is 0.379 e. The van der Waals surface area contributed by atoms with Crippen molar-refractivity contribution in [2.45, 2.75) is 32.9 Å². The van der Waals surface area contributed by atoms with Crippen LogP contribution in [0.5, 0.6) is 0 Å². The van der Waals surface area contributed by atoms with Crippen LogP contribution >= 0.6 is 0 Å². The second kappa shape index (κ2) is 12.2. The monoisotopic (exact) mass is 394 g/mol. The molecule has 0 aromatic heterocycles. The first-order chi connectivity index (χ1) is 14.3. The molecule has 2 N–H and O–H groups in total. The van der Waals surface area contributed by atoms with E-state index in [9.17, 15) is 0 Å². The van der Waals surface area contributed by atoms with Gasteiger partial charge in [0.15, 0.2) is 5.96 Å². The van der Waals surface area contributed by atoms with Gasteiger partial charge in [-0.15, -0.1) is 0 Å². The molecule has 0 atom stereocenters. The average molecular weight is 395 g/mol. The highest BCUT2D eigenvalue weighted by atomic mass is 16.5. The van der Waals surface area contributed by atoms with E-state index < -0.39 is 0 Å². The second-order valence-corrected chi connectivity index (χ2v) is 7.42. The number of aliphatic imine (C=N–C) groups is 1. The van der Waals surface area contributed by atoms with Gasteiger partial charge in [0.25, 0.3) is 0 Å². The molecule has 0 saturated carbocycles. The zero-order valence-corrected chi connectivity index (χ0v) is 17.6. The summed E-state index contributed by atoms with van der Waals surface area (Å²) in [7, 11) is 0. The van der Waals surface area contributed by atoms with Crippen LogP contribution in [-0.2, 0) is 24.2 Å². The summed E-state index contributed by atoms with van der Waals surface area (Å²) in [5.41, 5.74) is 3.98. The standard InChI is InChI=1S/C24H34N4O/c1-2-25-24(26-13-7-12-21-8-4-3-5-9-21)27-19-22-10-6-11-23(18-22)20-28-14-16-29-17-15-28/h3-6,8-11,18H,2,7,12-17,19-20H2,1H3,(H2,25,26,27). The quantitative estimate of drug-likeness (QED) is 0.390. The molecule has 1 heterocycles. The Balaban J connectivity index is 1.47. The number of ether oxygens (including phenoxy) is 1. The number of nitrogens with zero attached hydrogens (tertiary/aromatic N) is 2. The van der Waals surface area contributed by atoms with Crippen molar-refractivity contribution >= 4 is 5.96 Å². The summed E-state index contributed by atoms with van der Waals surface area (Å²) in [6, 6.07) is 19.4. The van der Waals surface area contributed by atoms with E-state index in [1.54, 1.807) is 0 Å². The van der Waals surface area contributed by atoms with Crippen molar-refractivity contribution in [1.82, 2.24) is 15.5 Å². The number of aryl methyl sites for hydroxylation is 1. The van der Waals surface area contributed by atoms with Gasteiger partial charge < -0.3 is 15.4 Å². The highest BCUT2D eigenvalue weighted by molar-refractivity contribution is 5.79. The first kappa shape index (κ1) is 21.3. The van der Waals surface area contributed by atoms with Crippen molar-refractivity contribution in [2.24, 2.45) is 4.99 Å². The molecule has 5 nitrogen and oxygen atoms in total. The Labute approximate surface area is 175 Å². The lowest BCUT2D eigenvalue weighted by Gasteiger charge is -2.26. The van der Waals surface area contributed by atoms with Gasteiger partial charge in [-0.3, -0.25) is 4.90 Å². The number of hydrogen-bond donors (Lipinski definition) is 2. The van der Waals surface area contributed by atoms with Crippen LogP contribution in [0.25, 0.3) is 0 Å². The molecule has 1 aliphatic rings. The molecule has 2 aromatic carbocycles. The smallest absolute Gasteiger partial charge is 0.191 e. The van der Waals surface area contributed by atoms with E-state index in [1.165, 1.54) is 16.7 Å². The fourth-order valence-electron chi connectivity index (χ4n) is 3.50. The minimum atomic E-state index is 0.685.